The molecule has 1 heterocycles. The third kappa shape index (κ3) is 6.35. The maximum atomic E-state index is 10.8. The van der Waals surface area contributed by atoms with Crippen LogP contribution in [0.5, 0.6) is 0 Å². The predicted octanol–water partition coefficient (Wildman–Crippen LogP) is 0.132. The van der Waals surface area contributed by atoms with Crippen molar-refractivity contribution in [2.24, 2.45) is 0 Å². The Bertz CT molecular complexity index is 329. The Morgan fingerprint density at radius 2 is 2.00 bits per heavy atom. The van der Waals surface area contributed by atoms with Gasteiger partial charge in [-0.05, 0) is 12.8 Å². The van der Waals surface area contributed by atoms with Crippen LogP contribution >= 0.6 is 12.8 Å². The van der Waals surface area contributed by atoms with E-state index in [4.69, 9.17) is 9.29 Å². The van der Waals surface area contributed by atoms with E-state index in [0.717, 1.165) is 25.9 Å². The molecule has 18 heavy (non-hydrogen) atoms. The average molecular weight is 298 g/mol. The lowest BCUT2D eigenvalue weighted by Crippen LogP contribution is -2.45. The summed E-state index contributed by atoms with van der Waals surface area (Å²) in [7, 11) is -2.28. The van der Waals surface area contributed by atoms with Crippen LogP contribution < -0.4 is 0 Å². The zero-order chi connectivity index (χ0) is 13.6. The van der Waals surface area contributed by atoms with Gasteiger partial charge in [0.2, 0.25) is 0 Å². The molecule has 0 aromatic heterocycles. The molecule has 6 nitrogen and oxygen atoms in total. The summed E-state index contributed by atoms with van der Waals surface area (Å²) < 4.78 is 37.5. The van der Waals surface area contributed by atoms with E-state index in [-0.39, 0.29) is 5.75 Å². The average Bonchev–Trinajstić information content (AvgIpc) is 2.29. The molecule has 0 spiro atoms. The highest BCUT2D eigenvalue weighted by molar-refractivity contribution is 7.85. The molecule has 0 radical (unpaired) electrons. The Morgan fingerprint density at radius 3 is 2.50 bits per heavy atom. The fraction of sp³-hybridized carbons (Fsp3) is 1.00. The fourth-order valence-corrected chi connectivity index (χ4v) is 2.83. The Morgan fingerprint density at radius 1 is 1.39 bits per heavy atom. The minimum absolute atomic E-state index is 0.224. The lowest BCUT2D eigenvalue weighted by Gasteiger charge is -2.36. The van der Waals surface area contributed by atoms with Gasteiger partial charge in [0.05, 0.1) is 12.4 Å². The second-order valence-electron chi connectivity index (χ2n) is 4.50. The zero-order valence-electron chi connectivity index (χ0n) is 10.7. The number of hydrogen-bond acceptors (Lipinski definition) is 6. The first-order chi connectivity index (χ1) is 8.42. The zero-order valence-corrected chi connectivity index (χ0v) is 12.4. The topological polar surface area (TPSA) is 70.1 Å². The number of piperidine rings is 1. The van der Waals surface area contributed by atoms with E-state index < -0.39 is 10.1 Å². The molecule has 8 heteroatoms. The molecule has 1 saturated heterocycles. The van der Waals surface area contributed by atoms with Gasteiger partial charge in [0.15, 0.2) is 0 Å². The van der Waals surface area contributed by atoms with Crippen LogP contribution in [-0.2, 0) is 14.9 Å². The van der Waals surface area contributed by atoms with Crippen LogP contribution in [0.15, 0.2) is 0 Å². The van der Waals surface area contributed by atoms with Gasteiger partial charge in [-0.2, -0.15) is 8.42 Å². The molecule has 1 N–H and O–H groups in total. The molecule has 108 valence electrons. The van der Waals surface area contributed by atoms with Gasteiger partial charge in [0, 0.05) is 39.3 Å². The Kier molecular flexibility index (Phi) is 6.89. The molecule has 1 aliphatic heterocycles. The second-order valence-corrected chi connectivity index (χ2v) is 6.64. The van der Waals surface area contributed by atoms with Crippen molar-refractivity contribution in [1.29, 1.82) is 0 Å². The van der Waals surface area contributed by atoms with E-state index >= 15 is 0 Å². The molecule has 1 aliphatic rings. The van der Waals surface area contributed by atoms with Crippen LogP contribution in [0.4, 0.5) is 0 Å². The second kappa shape index (κ2) is 7.66. The lowest BCUT2D eigenvalue weighted by molar-refractivity contribution is 0.101. The van der Waals surface area contributed by atoms with Crippen LogP contribution in [0, 0.1) is 0 Å². The molecule has 0 aliphatic carbocycles. The Balaban J connectivity index is 2.48. The summed E-state index contributed by atoms with van der Waals surface area (Å²) >= 11 is 4.29. The fourth-order valence-electron chi connectivity index (χ4n) is 2.14. The van der Waals surface area contributed by atoms with E-state index in [2.05, 4.69) is 17.7 Å². The van der Waals surface area contributed by atoms with Crippen molar-refractivity contribution in [3.05, 3.63) is 0 Å². The van der Waals surface area contributed by atoms with Crippen molar-refractivity contribution < 1.29 is 17.7 Å². The highest BCUT2D eigenvalue weighted by Crippen LogP contribution is 2.17. The summed E-state index contributed by atoms with van der Waals surface area (Å²) in [5.74, 6) is -0.224. The first-order valence-electron chi connectivity index (χ1n) is 6.04. The molecule has 0 unspecified atom stereocenters. The number of methoxy groups -OCH3 is 1. The van der Waals surface area contributed by atoms with E-state index in [0.29, 0.717) is 25.7 Å². The van der Waals surface area contributed by atoms with E-state index in [1.807, 2.05) is 4.31 Å². The van der Waals surface area contributed by atoms with Crippen molar-refractivity contribution in [3.63, 3.8) is 0 Å². The molecule has 0 amide bonds. The van der Waals surface area contributed by atoms with Gasteiger partial charge in [-0.3, -0.25) is 13.8 Å². The summed E-state index contributed by atoms with van der Waals surface area (Å²) in [5.41, 5.74) is 0. The van der Waals surface area contributed by atoms with Crippen molar-refractivity contribution in [1.82, 2.24) is 9.21 Å². The van der Waals surface area contributed by atoms with Gasteiger partial charge in [0.25, 0.3) is 10.1 Å². The molecular weight excluding hydrogens is 276 g/mol. The van der Waals surface area contributed by atoms with Gasteiger partial charge >= 0.3 is 0 Å². The molecule has 0 saturated carbocycles. The van der Waals surface area contributed by atoms with Crippen LogP contribution in [0.2, 0.25) is 0 Å². The summed E-state index contributed by atoms with van der Waals surface area (Å²) in [6.07, 6.45) is 1.91. The predicted molar refractivity (Wildman–Crippen MR) is 73.4 cm³/mol. The lowest BCUT2D eigenvalue weighted by atomic mass is 10.0. The normalized spacial score (nSPS) is 19.6. The number of hydrogen-bond donors (Lipinski definition) is 2. The third-order valence-corrected chi connectivity index (χ3v) is 4.27. The largest absolute Gasteiger partial charge is 0.383 e. The van der Waals surface area contributed by atoms with Gasteiger partial charge in [-0.25, -0.2) is 0 Å². The first kappa shape index (κ1) is 16.2. The monoisotopic (exact) mass is 298 g/mol. The van der Waals surface area contributed by atoms with Crippen LogP contribution in [-0.4, -0.2) is 73.9 Å². The van der Waals surface area contributed by atoms with Gasteiger partial charge in [-0.1, -0.05) is 12.8 Å². The Labute approximate surface area is 115 Å². The molecule has 0 aromatic carbocycles. The van der Waals surface area contributed by atoms with Crippen LogP contribution in [0.25, 0.3) is 0 Å². The van der Waals surface area contributed by atoms with Crippen LogP contribution in [0.3, 0.4) is 0 Å². The highest BCUT2D eigenvalue weighted by atomic mass is 32.2. The third-order valence-electron chi connectivity index (χ3n) is 3.18. The standard InChI is InChI=1S/C10H22N2O4S2/c1-16-8-6-11(7-9-18(13,14)15)10-2-4-12(17)5-3-10/h10,17H,2-9H2,1H3,(H,13,14,15). The highest BCUT2D eigenvalue weighted by Gasteiger charge is 2.24. The molecule has 0 atom stereocenters. The van der Waals surface area contributed by atoms with Gasteiger partial charge in [0.1, 0.15) is 0 Å². The molecule has 0 bridgehead atoms. The Hall–Kier alpha value is 0.140. The molecule has 0 aromatic rings. The quantitative estimate of drug-likeness (QED) is 0.514. The molecule has 1 fully saturated rings. The minimum atomic E-state index is -3.90. The number of rotatable bonds is 7. The summed E-state index contributed by atoms with van der Waals surface area (Å²) in [4.78, 5) is 2.08. The van der Waals surface area contributed by atoms with E-state index in [1.54, 1.807) is 7.11 Å². The van der Waals surface area contributed by atoms with E-state index in [9.17, 15) is 8.42 Å². The van der Waals surface area contributed by atoms with Crippen molar-refractivity contribution in [2.45, 2.75) is 18.9 Å². The first-order valence-corrected chi connectivity index (χ1v) is 8.05. The minimum Gasteiger partial charge on any atom is -0.383 e. The summed E-state index contributed by atoms with van der Waals surface area (Å²) in [5, 5.41) is 0. The number of thiol groups is 1. The van der Waals surface area contributed by atoms with Crippen molar-refractivity contribution in [3.8, 4) is 0 Å². The summed E-state index contributed by atoms with van der Waals surface area (Å²) in [6, 6.07) is 0.338. The van der Waals surface area contributed by atoms with Crippen LogP contribution in [0.1, 0.15) is 12.8 Å². The molecule has 1 rings (SSSR count). The molecular formula is C10H22N2O4S2. The smallest absolute Gasteiger partial charge is 0.266 e. The number of nitrogens with zero attached hydrogens (tertiary/aromatic N) is 2. The summed E-state index contributed by atoms with van der Waals surface area (Å²) in [6.45, 7) is 3.38. The SMILES string of the molecule is COCCN(CCS(=O)(=O)O)C1CCN(S)CC1. The maximum absolute atomic E-state index is 10.8. The van der Waals surface area contributed by atoms with Crippen molar-refractivity contribution in [2.75, 3.05) is 45.6 Å². The van der Waals surface area contributed by atoms with Crippen molar-refractivity contribution >= 4 is 22.9 Å². The number of ether oxygens (including phenoxy) is 1. The van der Waals surface area contributed by atoms with Gasteiger partial charge in [-0.15, -0.1) is 0 Å². The van der Waals surface area contributed by atoms with Gasteiger partial charge < -0.3 is 4.74 Å². The van der Waals surface area contributed by atoms with E-state index in [1.165, 1.54) is 0 Å². The maximum Gasteiger partial charge on any atom is 0.266 e.